The summed E-state index contributed by atoms with van der Waals surface area (Å²) in [5, 5.41) is 0.732. The first-order valence-corrected chi connectivity index (χ1v) is 6.70. The Morgan fingerprint density at radius 2 is 2.33 bits per heavy atom. The molecule has 1 atom stereocenters. The van der Waals surface area contributed by atoms with E-state index in [1.165, 1.54) is 13.3 Å². The minimum absolute atomic E-state index is 0.145. The number of hydrogen-bond donors (Lipinski definition) is 1. The van der Waals surface area contributed by atoms with Crippen LogP contribution in [0, 0.1) is 6.92 Å². The summed E-state index contributed by atoms with van der Waals surface area (Å²) in [6.45, 7) is 3.82. The molecular weight excluding hydrogens is 236 g/mol. The molecule has 7 heteroatoms. The Balaban J connectivity index is 2.68. The first kappa shape index (κ1) is 12.6. The third-order valence-corrected chi connectivity index (χ3v) is 4.63. The Labute approximate surface area is 93.5 Å². The van der Waals surface area contributed by atoms with Crippen molar-refractivity contribution in [1.82, 2.24) is 9.71 Å². The zero-order chi connectivity index (χ0) is 11.5. The topological polar surface area (TPSA) is 68.3 Å². The molecule has 86 valence electrons. The third kappa shape index (κ3) is 3.53. The monoisotopic (exact) mass is 250 g/mol. The van der Waals surface area contributed by atoms with Crippen LogP contribution < -0.4 is 4.72 Å². The smallest absolute Gasteiger partial charge is 0.251 e. The molecular formula is C8H14N2O3S2. The van der Waals surface area contributed by atoms with Gasteiger partial charge in [0.2, 0.25) is 0 Å². The van der Waals surface area contributed by atoms with Gasteiger partial charge in [-0.05, 0) is 13.8 Å². The molecule has 1 unspecified atom stereocenters. The molecule has 15 heavy (non-hydrogen) atoms. The lowest BCUT2D eigenvalue weighted by molar-refractivity contribution is 0.122. The van der Waals surface area contributed by atoms with Crippen molar-refractivity contribution < 1.29 is 13.2 Å². The lowest BCUT2D eigenvalue weighted by atomic mass is 10.4. The molecule has 1 heterocycles. The predicted molar refractivity (Wildman–Crippen MR) is 58.5 cm³/mol. The summed E-state index contributed by atoms with van der Waals surface area (Å²) >= 11 is 1.15. The number of ether oxygens (including phenoxy) is 1. The fraction of sp³-hybridized carbons (Fsp3) is 0.625. The lowest BCUT2D eigenvalue weighted by Crippen LogP contribution is -2.31. The van der Waals surface area contributed by atoms with Crippen molar-refractivity contribution in [2.45, 2.75) is 24.2 Å². The van der Waals surface area contributed by atoms with E-state index in [0.29, 0.717) is 0 Å². The minimum Gasteiger partial charge on any atom is -0.380 e. The number of aromatic nitrogens is 1. The molecule has 0 fully saturated rings. The highest BCUT2D eigenvalue weighted by Gasteiger charge is 2.17. The SMILES string of the molecule is COC(C)CNS(=O)(=O)c1cnc(C)s1. The second-order valence-electron chi connectivity index (χ2n) is 3.10. The summed E-state index contributed by atoms with van der Waals surface area (Å²) in [5.41, 5.74) is 0. The average Bonchev–Trinajstić information content (AvgIpc) is 2.62. The van der Waals surface area contributed by atoms with Gasteiger partial charge in [-0.15, -0.1) is 11.3 Å². The molecule has 1 rings (SSSR count). The van der Waals surface area contributed by atoms with Gasteiger partial charge in [0.15, 0.2) is 4.21 Å². The fourth-order valence-electron chi connectivity index (χ4n) is 0.848. The van der Waals surface area contributed by atoms with E-state index in [2.05, 4.69) is 9.71 Å². The van der Waals surface area contributed by atoms with Gasteiger partial charge >= 0.3 is 0 Å². The van der Waals surface area contributed by atoms with E-state index in [-0.39, 0.29) is 16.9 Å². The summed E-state index contributed by atoms with van der Waals surface area (Å²) in [4.78, 5) is 3.90. The Kier molecular flexibility index (Phi) is 4.21. The highest BCUT2D eigenvalue weighted by molar-refractivity contribution is 7.91. The minimum atomic E-state index is -3.42. The van der Waals surface area contributed by atoms with E-state index >= 15 is 0 Å². The molecule has 0 saturated heterocycles. The highest BCUT2D eigenvalue weighted by atomic mass is 32.2. The normalized spacial score (nSPS) is 14.1. The van der Waals surface area contributed by atoms with Crippen molar-refractivity contribution in [3.8, 4) is 0 Å². The number of rotatable bonds is 5. The van der Waals surface area contributed by atoms with E-state index in [1.54, 1.807) is 13.8 Å². The number of nitrogens with zero attached hydrogens (tertiary/aromatic N) is 1. The first-order valence-electron chi connectivity index (χ1n) is 4.40. The van der Waals surface area contributed by atoms with Crippen LogP contribution in [0.5, 0.6) is 0 Å². The molecule has 0 spiro atoms. The summed E-state index contributed by atoms with van der Waals surface area (Å²) in [7, 11) is -1.88. The lowest BCUT2D eigenvalue weighted by Gasteiger charge is -2.09. The third-order valence-electron chi connectivity index (χ3n) is 1.83. The predicted octanol–water partition coefficient (Wildman–Crippen LogP) is 0.765. The largest absolute Gasteiger partial charge is 0.380 e. The van der Waals surface area contributed by atoms with Crippen molar-refractivity contribution in [3.63, 3.8) is 0 Å². The molecule has 1 aromatic heterocycles. The van der Waals surface area contributed by atoms with Crippen LogP contribution in [-0.2, 0) is 14.8 Å². The van der Waals surface area contributed by atoms with Gasteiger partial charge in [0.25, 0.3) is 10.0 Å². The second-order valence-corrected chi connectivity index (χ2v) is 6.33. The van der Waals surface area contributed by atoms with Crippen LogP contribution >= 0.6 is 11.3 Å². The molecule has 5 nitrogen and oxygen atoms in total. The van der Waals surface area contributed by atoms with Crippen molar-refractivity contribution in [2.24, 2.45) is 0 Å². The number of sulfonamides is 1. The van der Waals surface area contributed by atoms with E-state index in [1.807, 2.05) is 0 Å². The molecule has 1 aromatic rings. The standard InChI is InChI=1S/C8H14N2O3S2/c1-6(13-3)4-10-15(11,12)8-5-9-7(2)14-8/h5-6,10H,4H2,1-3H3. The summed E-state index contributed by atoms with van der Waals surface area (Å²) < 4.78 is 31.0. The molecule has 0 radical (unpaired) electrons. The van der Waals surface area contributed by atoms with Gasteiger partial charge < -0.3 is 4.74 Å². The quantitative estimate of drug-likeness (QED) is 0.838. The maximum atomic E-state index is 11.7. The van der Waals surface area contributed by atoms with Crippen LogP contribution in [-0.4, -0.2) is 33.2 Å². The molecule has 0 aliphatic rings. The van der Waals surface area contributed by atoms with Crippen molar-refractivity contribution in [2.75, 3.05) is 13.7 Å². The van der Waals surface area contributed by atoms with Crippen molar-refractivity contribution in [1.29, 1.82) is 0 Å². The van der Waals surface area contributed by atoms with Gasteiger partial charge in [-0.3, -0.25) is 0 Å². The van der Waals surface area contributed by atoms with E-state index in [0.717, 1.165) is 16.3 Å². The second kappa shape index (κ2) is 5.02. The van der Waals surface area contributed by atoms with Gasteiger partial charge in [0, 0.05) is 13.7 Å². The maximum absolute atomic E-state index is 11.7. The molecule has 0 saturated carbocycles. The first-order chi connectivity index (χ1) is 6.95. The molecule has 0 aliphatic carbocycles. The Morgan fingerprint density at radius 1 is 1.67 bits per heavy atom. The number of thiazole rings is 1. The zero-order valence-electron chi connectivity index (χ0n) is 8.85. The van der Waals surface area contributed by atoms with Crippen LogP contribution in [0.15, 0.2) is 10.4 Å². The molecule has 1 N–H and O–H groups in total. The number of aryl methyl sites for hydroxylation is 1. The summed E-state index contributed by atoms with van der Waals surface area (Å²) in [5.74, 6) is 0. The highest BCUT2D eigenvalue weighted by Crippen LogP contribution is 2.17. The van der Waals surface area contributed by atoms with Crippen LogP contribution in [0.25, 0.3) is 0 Å². The maximum Gasteiger partial charge on any atom is 0.251 e. The zero-order valence-corrected chi connectivity index (χ0v) is 10.5. The van der Waals surface area contributed by atoms with E-state index in [4.69, 9.17) is 4.74 Å². The van der Waals surface area contributed by atoms with Crippen LogP contribution in [0.1, 0.15) is 11.9 Å². The molecule has 0 bridgehead atoms. The van der Waals surface area contributed by atoms with Gasteiger partial charge in [-0.2, -0.15) is 0 Å². The summed E-state index contributed by atoms with van der Waals surface area (Å²) in [6.07, 6.45) is 1.22. The van der Waals surface area contributed by atoms with Gasteiger partial charge in [-0.25, -0.2) is 18.1 Å². The van der Waals surface area contributed by atoms with Crippen LogP contribution in [0.4, 0.5) is 0 Å². The molecule has 0 amide bonds. The van der Waals surface area contributed by atoms with Gasteiger partial charge in [-0.1, -0.05) is 0 Å². The van der Waals surface area contributed by atoms with Gasteiger partial charge in [0.05, 0.1) is 17.3 Å². The fourth-order valence-corrected chi connectivity index (χ4v) is 3.11. The molecule has 0 aliphatic heterocycles. The number of methoxy groups -OCH3 is 1. The van der Waals surface area contributed by atoms with Crippen molar-refractivity contribution in [3.05, 3.63) is 11.2 Å². The van der Waals surface area contributed by atoms with Crippen molar-refractivity contribution >= 4 is 21.4 Å². The van der Waals surface area contributed by atoms with E-state index in [9.17, 15) is 8.42 Å². The summed E-state index contributed by atoms with van der Waals surface area (Å²) in [6, 6.07) is 0. The number of nitrogens with one attached hydrogen (secondary N) is 1. The number of hydrogen-bond acceptors (Lipinski definition) is 5. The Morgan fingerprint density at radius 3 is 2.80 bits per heavy atom. The van der Waals surface area contributed by atoms with E-state index < -0.39 is 10.0 Å². The van der Waals surface area contributed by atoms with Crippen LogP contribution in [0.3, 0.4) is 0 Å². The van der Waals surface area contributed by atoms with Gasteiger partial charge in [0.1, 0.15) is 0 Å². The Hall–Kier alpha value is -0.500. The Bertz CT molecular complexity index is 413. The molecule has 0 aromatic carbocycles. The van der Waals surface area contributed by atoms with Crippen LogP contribution in [0.2, 0.25) is 0 Å². The average molecular weight is 250 g/mol.